The van der Waals surface area contributed by atoms with Crippen molar-refractivity contribution < 1.29 is 30.9 Å². The molecule has 0 aliphatic rings. The summed E-state index contributed by atoms with van der Waals surface area (Å²) in [5.41, 5.74) is -1.34. The lowest BCUT2D eigenvalue weighted by Crippen LogP contribution is -2.23. The standard InChI is InChI=1S/C22H22OS.CHF3O3S/c1-22(2,3)23-18-14-15-19(24)21(17-12-8-5-9-13-17)20(18)16-10-6-4-7-11-16;2-1(3,4)8(5,6)7/h4-15,24H,1-3H3;(H,5,6,7). The summed E-state index contributed by atoms with van der Waals surface area (Å²) >= 11 is 4.73. The summed E-state index contributed by atoms with van der Waals surface area (Å²) in [6, 6.07) is 24.7. The van der Waals surface area contributed by atoms with Gasteiger partial charge in [0.2, 0.25) is 0 Å². The molecule has 0 heterocycles. The van der Waals surface area contributed by atoms with Crippen LogP contribution in [0.25, 0.3) is 22.3 Å². The van der Waals surface area contributed by atoms with E-state index < -0.39 is 15.6 Å². The normalized spacial score (nSPS) is 12.0. The van der Waals surface area contributed by atoms with Gasteiger partial charge in [0.25, 0.3) is 0 Å². The van der Waals surface area contributed by atoms with Crippen LogP contribution >= 0.6 is 12.6 Å². The molecule has 0 bridgehead atoms. The molecule has 3 aromatic carbocycles. The molecular formula is C23H23F3O4S2. The van der Waals surface area contributed by atoms with Gasteiger partial charge in [0.15, 0.2) is 0 Å². The van der Waals surface area contributed by atoms with E-state index >= 15 is 0 Å². The largest absolute Gasteiger partial charge is 0.522 e. The highest BCUT2D eigenvalue weighted by Gasteiger charge is 2.44. The maximum Gasteiger partial charge on any atom is 0.522 e. The highest BCUT2D eigenvalue weighted by molar-refractivity contribution is 7.86. The maximum absolute atomic E-state index is 10.7. The molecule has 0 saturated carbocycles. The Morgan fingerprint density at radius 2 is 1.19 bits per heavy atom. The van der Waals surface area contributed by atoms with Crippen LogP contribution in [0.4, 0.5) is 13.2 Å². The van der Waals surface area contributed by atoms with Crippen LogP contribution < -0.4 is 4.74 Å². The summed E-state index contributed by atoms with van der Waals surface area (Å²) in [6.45, 7) is 6.20. The predicted octanol–water partition coefficient (Wildman–Crippen LogP) is 6.88. The van der Waals surface area contributed by atoms with Crippen molar-refractivity contribution in [2.45, 2.75) is 36.8 Å². The molecule has 172 valence electrons. The Labute approximate surface area is 191 Å². The van der Waals surface area contributed by atoms with E-state index in [-0.39, 0.29) is 5.60 Å². The van der Waals surface area contributed by atoms with Crippen LogP contribution in [0.3, 0.4) is 0 Å². The first-order chi connectivity index (χ1) is 14.7. The molecule has 0 aromatic heterocycles. The van der Waals surface area contributed by atoms with E-state index in [1.54, 1.807) is 0 Å². The van der Waals surface area contributed by atoms with E-state index in [9.17, 15) is 13.2 Å². The highest BCUT2D eigenvalue weighted by atomic mass is 32.2. The third-order valence-electron chi connectivity index (χ3n) is 3.98. The monoisotopic (exact) mass is 484 g/mol. The van der Waals surface area contributed by atoms with E-state index in [1.165, 1.54) is 0 Å². The third-order valence-corrected chi connectivity index (χ3v) is 4.94. The minimum Gasteiger partial charge on any atom is -0.487 e. The molecule has 0 fully saturated rings. The molecule has 0 aliphatic carbocycles. The van der Waals surface area contributed by atoms with Crippen molar-refractivity contribution in [1.82, 2.24) is 0 Å². The number of alkyl halides is 3. The highest BCUT2D eigenvalue weighted by Crippen LogP contribution is 2.43. The Balaban J connectivity index is 0.000000390. The van der Waals surface area contributed by atoms with Crippen molar-refractivity contribution in [3.05, 3.63) is 72.8 Å². The summed E-state index contributed by atoms with van der Waals surface area (Å²) < 4.78 is 63.8. The molecule has 1 N–H and O–H groups in total. The number of benzene rings is 3. The summed E-state index contributed by atoms with van der Waals surface area (Å²) in [5.74, 6) is 0.880. The molecule has 0 saturated heterocycles. The van der Waals surface area contributed by atoms with Crippen LogP contribution in [-0.2, 0) is 10.1 Å². The topological polar surface area (TPSA) is 63.6 Å². The zero-order valence-corrected chi connectivity index (χ0v) is 19.3. The zero-order chi connectivity index (χ0) is 24.2. The van der Waals surface area contributed by atoms with Gasteiger partial charge in [-0.15, -0.1) is 12.6 Å². The van der Waals surface area contributed by atoms with Gasteiger partial charge in [-0.3, -0.25) is 4.55 Å². The Kier molecular flexibility index (Phi) is 8.03. The number of thiol groups is 1. The van der Waals surface area contributed by atoms with Gasteiger partial charge >= 0.3 is 15.6 Å². The van der Waals surface area contributed by atoms with Crippen molar-refractivity contribution in [2.75, 3.05) is 0 Å². The molecule has 0 atom stereocenters. The molecule has 3 rings (SSSR count). The number of halogens is 3. The van der Waals surface area contributed by atoms with E-state index in [1.807, 2.05) is 24.3 Å². The number of hydrogen-bond acceptors (Lipinski definition) is 4. The number of ether oxygens (including phenoxy) is 1. The third kappa shape index (κ3) is 7.01. The Morgan fingerprint density at radius 1 is 0.781 bits per heavy atom. The first-order valence-corrected chi connectivity index (χ1v) is 11.3. The van der Waals surface area contributed by atoms with Gasteiger partial charge < -0.3 is 4.74 Å². The van der Waals surface area contributed by atoms with Crippen LogP contribution in [0.5, 0.6) is 5.75 Å². The van der Waals surface area contributed by atoms with Gasteiger partial charge in [-0.05, 0) is 44.0 Å². The molecule has 4 nitrogen and oxygen atoms in total. The molecular weight excluding hydrogens is 461 g/mol. The van der Waals surface area contributed by atoms with E-state index in [0.29, 0.717) is 0 Å². The predicted molar refractivity (Wildman–Crippen MR) is 123 cm³/mol. The van der Waals surface area contributed by atoms with Crippen LogP contribution in [0, 0.1) is 0 Å². The second-order valence-electron chi connectivity index (χ2n) is 7.70. The van der Waals surface area contributed by atoms with Crippen molar-refractivity contribution in [3.8, 4) is 28.0 Å². The Hall–Kier alpha value is -2.49. The van der Waals surface area contributed by atoms with Crippen molar-refractivity contribution in [2.24, 2.45) is 0 Å². The second-order valence-corrected chi connectivity index (χ2v) is 9.59. The van der Waals surface area contributed by atoms with Crippen molar-refractivity contribution in [1.29, 1.82) is 0 Å². The summed E-state index contributed by atoms with van der Waals surface area (Å²) in [4.78, 5) is 0.946. The lowest BCUT2D eigenvalue weighted by Gasteiger charge is -2.25. The van der Waals surface area contributed by atoms with Crippen LogP contribution in [0.2, 0.25) is 0 Å². The first kappa shape index (κ1) is 25.8. The molecule has 0 radical (unpaired) electrons. The number of rotatable bonds is 3. The molecule has 9 heteroatoms. The minimum atomic E-state index is -5.84. The van der Waals surface area contributed by atoms with Crippen LogP contribution in [0.15, 0.2) is 77.7 Å². The quantitative estimate of drug-likeness (QED) is 0.242. The lowest BCUT2D eigenvalue weighted by molar-refractivity contribution is -0.0510. The summed E-state index contributed by atoms with van der Waals surface area (Å²) in [7, 11) is -5.84. The average molecular weight is 485 g/mol. The summed E-state index contributed by atoms with van der Waals surface area (Å²) in [6.07, 6.45) is 0. The van der Waals surface area contributed by atoms with Gasteiger partial charge in [0, 0.05) is 16.0 Å². The van der Waals surface area contributed by atoms with Gasteiger partial charge in [0.05, 0.1) is 0 Å². The first-order valence-electron chi connectivity index (χ1n) is 9.40. The minimum absolute atomic E-state index is 0.268. The number of hydrogen-bond donors (Lipinski definition) is 2. The average Bonchev–Trinajstić information content (AvgIpc) is 2.68. The maximum atomic E-state index is 10.7. The fourth-order valence-corrected chi connectivity index (χ4v) is 3.09. The van der Waals surface area contributed by atoms with Crippen LogP contribution in [0.1, 0.15) is 20.8 Å². The smallest absolute Gasteiger partial charge is 0.487 e. The van der Waals surface area contributed by atoms with Gasteiger partial charge in [-0.25, -0.2) is 0 Å². The Morgan fingerprint density at radius 3 is 1.56 bits per heavy atom. The lowest BCUT2D eigenvalue weighted by atomic mass is 9.93. The fraction of sp³-hybridized carbons (Fsp3) is 0.217. The zero-order valence-electron chi connectivity index (χ0n) is 17.6. The van der Waals surface area contributed by atoms with Gasteiger partial charge in [0.1, 0.15) is 11.4 Å². The molecule has 3 aromatic rings. The fourth-order valence-electron chi connectivity index (χ4n) is 2.78. The molecule has 0 spiro atoms. The van der Waals surface area contributed by atoms with Gasteiger partial charge in [-0.2, -0.15) is 21.6 Å². The van der Waals surface area contributed by atoms with E-state index in [4.69, 9.17) is 30.3 Å². The Bertz CT molecular complexity index is 1140. The van der Waals surface area contributed by atoms with Crippen molar-refractivity contribution in [3.63, 3.8) is 0 Å². The van der Waals surface area contributed by atoms with E-state index in [0.717, 1.165) is 32.9 Å². The molecule has 32 heavy (non-hydrogen) atoms. The van der Waals surface area contributed by atoms with Gasteiger partial charge in [-0.1, -0.05) is 60.7 Å². The van der Waals surface area contributed by atoms with E-state index in [2.05, 4.69) is 69.3 Å². The SMILES string of the molecule is CC(C)(C)Oc1ccc(S)c(-c2ccccc2)c1-c1ccccc1.O=S(=O)(O)C(F)(F)F. The second kappa shape index (κ2) is 9.97. The summed E-state index contributed by atoms with van der Waals surface area (Å²) in [5, 5.41) is 0. The van der Waals surface area contributed by atoms with Crippen molar-refractivity contribution >= 4 is 22.7 Å². The molecule has 0 amide bonds. The molecule has 0 unspecified atom stereocenters. The van der Waals surface area contributed by atoms with Crippen LogP contribution in [-0.4, -0.2) is 24.1 Å². The molecule has 0 aliphatic heterocycles.